The fourth-order valence-corrected chi connectivity index (χ4v) is 1.99. The molecule has 0 unspecified atom stereocenters. The zero-order valence-electron chi connectivity index (χ0n) is 9.61. The maximum Gasteiger partial charge on any atom is 0.155 e. The van der Waals surface area contributed by atoms with Gasteiger partial charge in [-0.3, -0.25) is 4.79 Å². The quantitative estimate of drug-likeness (QED) is 0.741. The third kappa shape index (κ3) is 2.74. The van der Waals surface area contributed by atoms with Gasteiger partial charge in [0.1, 0.15) is 11.5 Å². The molecule has 0 N–H and O–H groups in total. The number of hydrogen-bond donors (Lipinski definition) is 0. The zero-order chi connectivity index (χ0) is 13.1. The second-order valence-electron chi connectivity index (χ2n) is 3.78. The van der Waals surface area contributed by atoms with Crippen molar-refractivity contribution in [2.45, 2.75) is 6.92 Å². The minimum atomic E-state index is 0.361. The maximum atomic E-state index is 11.0. The SMILES string of the molecule is Cc1cc(Oc2cccc(Cl)c2C=O)ccc1Br. The van der Waals surface area contributed by atoms with Crippen LogP contribution in [0.25, 0.3) is 0 Å². The van der Waals surface area contributed by atoms with Gasteiger partial charge in [-0.2, -0.15) is 0 Å². The molecule has 2 rings (SSSR count). The Morgan fingerprint density at radius 2 is 2.06 bits per heavy atom. The molecule has 0 aliphatic carbocycles. The van der Waals surface area contributed by atoms with Gasteiger partial charge in [0, 0.05) is 4.47 Å². The van der Waals surface area contributed by atoms with Crippen LogP contribution in [0.15, 0.2) is 40.9 Å². The van der Waals surface area contributed by atoms with Crippen molar-refractivity contribution in [3.05, 3.63) is 57.0 Å². The number of aryl methyl sites for hydroxylation is 1. The van der Waals surface area contributed by atoms with Crippen LogP contribution in [0.5, 0.6) is 11.5 Å². The van der Waals surface area contributed by atoms with Gasteiger partial charge in [0.05, 0.1) is 10.6 Å². The molecular weight excluding hydrogens is 316 g/mol. The number of halogens is 2. The van der Waals surface area contributed by atoms with Gasteiger partial charge < -0.3 is 4.74 Å². The average Bonchev–Trinajstić information content (AvgIpc) is 2.34. The molecule has 2 aromatic carbocycles. The highest BCUT2D eigenvalue weighted by atomic mass is 79.9. The molecule has 92 valence electrons. The van der Waals surface area contributed by atoms with Gasteiger partial charge in [0.15, 0.2) is 6.29 Å². The average molecular weight is 326 g/mol. The molecule has 0 heterocycles. The Morgan fingerprint density at radius 3 is 2.72 bits per heavy atom. The van der Waals surface area contributed by atoms with Gasteiger partial charge in [0.2, 0.25) is 0 Å². The first-order valence-electron chi connectivity index (χ1n) is 5.29. The van der Waals surface area contributed by atoms with Crippen LogP contribution in [0.4, 0.5) is 0 Å². The first-order chi connectivity index (χ1) is 8.61. The third-order valence-corrected chi connectivity index (χ3v) is 3.71. The van der Waals surface area contributed by atoms with E-state index in [1.807, 2.05) is 25.1 Å². The number of rotatable bonds is 3. The third-order valence-electron chi connectivity index (χ3n) is 2.49. The van der Waals surface area contributed by atoms with Crippen molar-refractivity contribution < 1.29 is 9.53 Å². The Morgan fingerprint density at radius 1 is 1.28 bits per heavy atom. The summed E-state index contributed by atoms with van der Waals surface area (Å²) in [6.45, 7) is 1.97. The van der Waals surface area contributed by atoms with Gasteiger partial charge in [-0.15, -0.1) is 0 Å². The number of hydrogen-bond acceptors (Lipinski definition) is 2. The Hall–Kier alpha value is -1.32. The summed E-state index contributed by atoms with van der Waals surface area (Å²) in [4.78, 5) is 11.0. The van der Waals surface area contributed by atoms with E-state index < -0.39 is 0 Å². The molecule has 2 nitrogen and oxygen atoms in total. The summed E-state index contributed by atoms with van der Waals surface area (Å²) in [7, 11) is 0. The molecule has 18 heavy (non-hydrogen) atoms. The van der Waals surface area contributed by atoms with Crippen LogP contribution in [0.1, 0.15) is 15.9 Å². The molecule has 0 aliphatic rings. The highest BCUT2D eigenvalue weighted by Crippen LogP contribution is 2.30. The lowest BCUT2D eigenvalue weighted by atomic mass is 10.2. The highest BCUT2D eigenvalue weighted by Gasteiger charge is 2.08. The molecule has 0 saturated carbocycles. The molecule has 0 fully saturated rings. The van der Waals surface area contributed by atoms with Crippen LogP contribution in [0.3, 0.4) is 0 Å². The minimum absolute atomic E-state index is 0.361. The van der Waals surface area contributed by atoms with E-state index in [0.29, 0.717) is 28.4 Å². The number of aldehydes is 1. The van der Waals surface area contributed by atoms with E-state index in [1.54, 1.807) is 18.2 Å². The fraction of sp³-hybridized carbons (Fsp3) is 0.0714. The summed E-state index contributed by atoms with van der Waals surface area (Å²) in [6.07, 6.45) is 0.698. The van der Waals surface area contributed by atoms with E-state index in [9.17, 15) is 4.79 Å². The van der Waals surface area contributed by atoms with Gasteiger partial charge in [-0.1, -0.05) is 33.6 Å². The standard InChI is InChI=1S/C14H10BrClO2/c1-9-7-10(5-6-12(9)15)18-14-4-2-3-13(16)11(14)8-17/h2-8H,1H3. The lowest BCUT2D eigenvalue weighted by molar-refractivity contribution is 0.112. The second-order valence-corrected chi connectivity index (χ2v) is 5.04. The van der Waals surface area contributed by atoms with Gasteiger partial charge in [-0.25, -0.2) is 0 Å². The Labute approximate surface area is 119 Å². The first-order valence-corrected chi connectivity index (χ1v) is 6.46. The smallest absolute Gasteiger partial charge is 0.155 e. The molecule has 0 bridgehead atoms. The van der Waals surface area contributed by atoms with E-state index in [-0.39, 0.29) is 0 Å². The number of carbonyl (C=O) groups is 1. The number of carbonyl (C=O) groups excluding carboxylic acids is 1. The molecule has 0 atom stereocenters. The molecule has 0 amide bonds. The lowest BCUT2D eigenvalue weighted by Crippen LogP contribution is -1.91. The molecule has 0 aliphatic heterocycles. The van der Waals surface area contributed by atoms with Crippen molar-refractivity contribution >= 4 is 33.8 Å². The largest absolute Gasteiger partial charge is 0.457 e. The predicted molar refractivity (Wildman–Crippen MR) is 75.8 cm³/mol. The topological polar surface area (TPSA) is 26.3 Å². The van der Waals surface area contributed by atoms with Crippen LogP contribution in [-0.4, -0.2) is 6.29 Å². The van der Waals surface area contributed by atoms with Crippen LogP contribution in [0.2, 0.25) is 5.02 Å². The van der Waals surface area contributed by atoms with Crippen molar-refractivity contribution in [2.24, 2.45) is 0 Å². The van der Waals surface area contributed by atoms with Gasteiger partial charge >= 0.3 is 0 Å². The molecule has 2 aromatic rings. The monoisotopic (exact) mass is 324 g/mol. The molecular formula is C14H10BrClO2. The van der Waals surface area contributed by atoms with Gasteiger partial charge in [0.25, 0.3) is 0 Å². The summed E-state index contributed by atoms with van der Waals surface area (Å²) in [5.41, 5.74) is 1.42. The van der Waals surface area contributed by atoms with Crippen molar-refractivity contribution in [1.82, 2.24) is 0 Å². The normalized spacial score (nSPS) is 10.2. The van der Waals surface area contributed by atoms with E-state index >= 15 is 0 Å². The Bertz CT molecular complexity index is 596. The van der Waals surface area contributed by atoms with Crippen LogP contribution in [0, 0.1) is 6.92 Å². The molecule has 4 heteroatoms. The molecule has 0 aromatic heterocycles. The van der Waals surface area contributed by atoms with E-state index in [2.05, 4.69) is 15.9 Å². The minimum Gasteiger partial charge on any atom is -0.457 e. The van der Waals surface area contributed by atoms with Crippen molar-refractivity contribution in [3.63, 3.8) is 0 Å². The summed E-state index contributed by atoms with van der Waals surface area (Å²) in [5.74, 6) is 1.13. The van der Waals surface area contributed by atoms with Crippen molar-refractivity contribution in [3.8, 4) is 11.5 Å². The first kappa shape index (κ1) is 13.1. The highest BCUT2D eigenvalue weighted by molar-refractivity contribution is 9.10. The summed E-state index contributed by atoms with van der Waals surface area (Å²) >= 11 is 9.36. The summed E-state index contributed by atoms with van der Waals surface area (Å²) < 4.78 is 6.69. The van der Waals surface area contributed by atoms with E-state index in [0.717, 1.165) is 10.0 Å². The van der Waals surface area contributed by atoms with Crippen molar-refractivity contribution in [1.29, 1.82) is 0 Å². The number of benzene rings is 2. The van der Waals surface area contributed by atoms with E-state index in [1.165, 1.54) is 0 Å². The Kier molecular flexibility index (Phi) is 4.04. The molecule has 0 spiro atoms. The Balaban J connectivity index is 2.36. The molecule has 0 radical (unpaired) electrons. The van der Waals surface area contributed by atoms with Crippen LogP contribution < -0.4 is 4.74 Å². The maximum absolute atomic E-state index is 11.0. The fourth-order valence-electron chi connectivity index (χ4n) is 1.53. The summed E-state index contributed by atoms with van der Waals surface area (Å²) in [5, 5.41) is 0.385. The number of ether oxygens (including phenoxy) is 1. The van der Waals surface area contributed by atoms with E-state index in [4.69, 9.17) is 16.3 Å². The lowest BCUT2D eigenvalue weighted by Gasteiger charge is -2.10. The van der Waals surface area contributed by atoms with Gasteiger partial charge in [-0.05, 0) is 42.8 Å². The zero-order valence-corrected chi connectivity index (χ0v) is 12.0. The summed E-state index contributed by atoms with van der Waals surface area (Å²) in [6, 6.07) is 10.7. The predicted octanol–water partition coefficient (Wildman–Crippen LogP) is 5.02. The molecule has 0 saturated heterocycles. The second kappa shape index (κ2) is 5.55. The van der Waals surface area contributed by atoms with Crippen LogP contribution >= 0.6 is 27.5 Å². The van der Waals surface area contributed by atoms with Crippen LogP contribution in [-0.2, 0) is 0 Å². The van der Waals surface area contributed by atoms with Crippen molar-refractivity contribution in [2.75, 3.05) is 0 Å².